The fraction of sp³-hybridized carbons (Fsp3) is 0.455. The summed E-state index contributed by atoms with van der Waals surface area (Å²) < 4.78 is 0. The Morgan fingerprint density at radius 1 is 1.29 bits per heavy atom. The molecule has 1 nitrogen and oxygen atoms in total. The summed E-state index contributed by atoms with van der Waals surface area (Å²) in [6.07, 6.45) is 7.61. The van der Waals surface area contributed by atoms with E-state index in [0.29, 0.717) is 0 Å². The van der Waals surface area contributed by atoms with Gasteiger partial charge in [0.05, 0.1) is 0 Å². The molecule has 1 rings (SSSR count). The summed E-state index contributed by atoms with van der Waals surface area (Å²) in [6.45, 7) is 1.00. The number of halogens is 2. The Morgan fingerprint density at radius 2 is 2.00 bits per heavy atom. The highest BCUT2D eigenvalue weighted by Gasteiger charge is 2.05. The van der Waals surface area contributed by atoms with E-state index in [-0.39, 0.29) is 0 Å². The minimum Gasteiger partial charge on any atom is -0.309 e. The van der Waals surface area contributed by atoms with Gasteiger partial charge in [-0.15, -0.1) is 0 Å². The second-order valence-corrected chi connectivity index (χ2v) is 4.51. The van der Waals surface area contributed by atoms with Crippen molar-refractivity contribution in [3.63, 3.8) is 0 Å². The molecular formula is C11H15Cl2N. The lowest BCUT2D eigenvalue weighted by molar-refractivity contribution is 0.414. The van der Waals surface area contributed by atoms with Crippen molar-refractivity contribution in [2.24, 2.45) is 0 Å². The summed E-state index contributed by atoms with van der Waals surface area (Å²) in [7, 11) is 4.11. The monoisotopic (exact) mass is 231 g/mol. The van der Waals surface area contributed by atoms with Crippen LogP contribution in [0, 0.1) is 0 Å². The van der Waals surface area contributed by atoms with Crippen molar-refractivity contribution in [3.8, 4) is 0 Å². The van der Waals surface area contributed by atoms with Gasteiger partial charge in [-0.3, -0.25) is 0 Å². The highest BCUT2D eigenvalue weighted by Crippen LogP contribution is 2.25. The molecule has 3 heteroatoms. The SMILES string of the molecule is CN(C)CCC1=CC=C(Cl)CC=C1Cl. The van der Waals surface area contributed by atoms with E-state index in [0.717, 1.165) is 35.0 Å². The summed E-state index contributed by atoms with van der Waals surface area (Å²) in [5.41, 5.74) is 1.16. The van der Waals surface area contributed by atoms with Crippen LogP contribution in [0.1, 0.15) is 12.8 Å². The average Bonchev–Trinajstić information content (AvgIpc) is 2.27. The van der Waals surface area contributed by atoms with Crippen LogP contribution in [0.4, 0.5) is 0 Å². The van der Waals surface area contributed by atoms with Crippen molar-refractivity contribution in [1.82, 2.24) is 4.90 Å². The van der Waals surface area contributed by atoms with Crippen molar-refractivity contribution >= 4 is 23.2 Å². The van der Waals surface area contributed by atoms with E-state index in [2.05, 4.69) is 19.0 Å². The molecule has 1 aliphatic rings. The second kappa shape index (κ2) is 5.59. The van der Waals surface area contributed by atoms with Gasteiger partial charge in [0.15, 0.2) is 0 Å². The van der Waals surface area contributed by atoms with Gasteiger partial charge in [0.1, 0.15) is 0 Å². The molecule has 0 aromatic heterocycles. The first kappa shape index (κ1) is 11.8. The van der Waals surface area contributed by atoms with E-state index in [1.807, 2.05) is 18.2 Å². The Kier molecular flexibility index (Phi) is 4.73. The molecule has 1 aliphatic carbocycles. The van der Waals surface area contributed by atoms with Crippen molar-refractivity contribution in [3.05, 3.63) is 33.9 Å². The van der Waals surface area contributed by atoms with Crippen LogP contribution in [-0.2, 0) is 0 Å². The molecule has 0 unspecified atom stereocenters. The third kappa shape index (κ3) is 3.87. The van der Waals surface area contributed by atoms with Crippen molar-refractivity contribution < 1.29 is 0 Å². The third-order valence-corrected chi connectivity index (χ3v) is 2.75. The first-order valence-electron chi connectivity index (χ1n) is 4.65. The summed E-state index contributed by atoms with van der Waals surface area (Å²) in [5.74, 6) is 0. The molecule has 0 heterocycles. The number of hydrogen-bond acceptors (Lipinski definition) is 1. The Labute approximate surface area is 95.7 Å². The summed E-state index contributed by atoms with van der Waals surface area (Å²) in [5, 5.41) is 1.67. The van der Waals surface area contributed by atoms with E-state index >= 15 is 0 Å². The lowest BCUT2D eigenvalue weighted by Crippen LogP contribution is -2.13. The van der Waals surface area contributed by atoms with Gasteiger partial charge in [0, 0.05) is 23.0 Å². The molecule has 0 radical (unpaired) electrons. The largest absolute Gasteiger partial charge is 0.309 e. The van der Waals surface area contributed by atoms with Gasteiger partial charge in [0.2, 0.25) is 0 Å². The molecule has 0 aliphatic heterocycles. The molecule has 14 heavy (non-hydrogen) atoms. The first-order valence-corrected chi connectivity index (χ1v) is 5.41. The second-order valence-electron chi connectivity index (χ2n) is 3.61. The van der Waals surface area contributed by atoms with E-state index in [4.69, 9.17) is 23.2 Å². The smallest absolute Gasteiger partial charge is 0.0402 e. The van der Waals surface area contributed by atoms with Gasteiger partial charge in [-0.2, -0.15) is 0 Å². The van der Waals surface area contributed by atoms with E-state index in [1.54, 1.807) is 0 Å². The van der Waals surface area contributed by atoms with Crippen LogP contribution in [0.3, 0.4) is 0 Å². The van der Waals surface area contributed by atoms with Gasteiger partial charge >= 0.3 is 0 Å². The minimum atomic E-state index is 0.738. The van der Waals surface area contributed by atoms with Crippen molar-refractivity contribution in [1.29, 1.82) is 0 Å². The van der Waals surface area contributed by atoms with Gasteiger partial charge in [0.25, 0.3) is 0 Å². The van der Waals surface area contributed by atoms with E-state index < -0.39 is 0 Å². The van der Waals surface area contributed by atoms with Gasteiger partial charge < -0.3 is 4.90 Å². The maximum atomic E-state index is 6.12. The Morgan fingerprint density at radius 3 is 2.64 bits per heavy atom. The summed E-state index contributed by atoms with van der Waals surface area (Å²) >= 11 is 12.0. The molecule has 78 valence electrons. The number of hydrogen-bond donors (Lipinski definition) is 0. The van der Waals surface area contributed by atoms with Crippen LogP contribution in [0.5, 0.6) is 0 Å². The molecule has 0 saturated carbocycles. The summed E-state index contributed by atoms with van der Waals surface area (Å²) in [6, 6.07) is 0. The topological polar surface area (TPSA) is 3.24 Å². The maximum absolute atomic E-state index is 6.12. The highest BCUT2D eigenvalue weighted by atomic mass is 35.5. The lowest BCUT2D eigenvalue weighted by atomic mass is 10.1. The molecule has 0 atom stereocenters. The molecular weight excluding hydrogens is 217 g/mol. The standard InChI is InChI=1S/C11H15Cl2N/c1-14(2)8-7-9-3-4-10(12)5-6-11(9)13/h3-4,6H,5,7-8H2,1-2H3. The van der Waals surface area contributed by atoms with Crippen molar-refractivity contribution in [2.45, 2.75) is 12.8 Å². The number of rotatable bonds is 3. The molecule has 0 aromatic carbocycles. The molecule has 0 amide bonds. The Bertz CT molecular complexity index is 288. The van der Waals surface area contributed by atoms with Crippen LogP contribution < -0.4 is 0 Å². The quantitative estimate of drug-likeness (QED) is 0.719. The van der Waals surface area contributed by atoms with Crippen LogP contribution in [0.2, 0.25) is 0 Å². The average molecular weight is 232 g/mol. The predicted octanol–water partition coefficient (Wildman–Crippen LogP) is 3.51. The van der Waals surface area contributed by atoms with Crippen LogP contribution in [0.15, 0.2) is 33.9 Å². The summed E-state index contributed by atoms with van der Waals surface area (Å²) in [4.78, 5) is 2.14. The van der Waals surface area contributed by atoms with E-state index in [1.165, 1.54) is 0 Å². The van der Waals surface area contributed by atoms with Crippen LogP contribution >= 0.6 is 23.2 Å². The lowest BCUT2D eigenvalue weighted by Gasteiger charge is -2.10. The zero-order chi connectivity index (χ0) is 10.6. The predicted molar refractivity (Wildman–Crippen MR) is 63.7 cm³/mol. The van der Waals surface area contributed by atoms with Crippen LogP contribution in [-0.4, -0.2) is 25.5 Å². The molecule has 0 saturated heterocycles. The van der Waals surface area contributed by atoms with Crippen LogP contribution in [0.25, 0.3) is 0 Å². The van der Waals surface area contributed by atoms with Gasteiger partial charge in [-0.25, -0.2) is 0 Å². The first-order chi connectivity index (χ1) is 6.59. The Balaban J connectivity index is 2.65. The van der Waals surface area contributed by atoms with E-state index in [9.17, 15) is 0 Å². The fourth-order valence-corrected chi connectivity index (χ4v) is 1.58. The third-order valence-electron chi connectivity index (χ3n) is 2.08. The van der Waals surface area contributed by atoms with Gasteiger partial charge in [-0.05, 0) is 32.2 Å². The van der Waals surface area contributed by atoms with Gasteiger partial charge in [-0.1, -0.05) is 35.4 Å². The number of nitrogens with zero attached hydrogens (tertiary/aromatic N) is 1. The molecule has 0 bridgehead atoms. The zero-order valence-electron chi connectivity index (χ0n) is 8.56. The Hall–Kier alpha value is -0.240. The number of allylic oxidation sites excluding steroid dienone is 5. The normalized spacial score (nSPS) is 17.4. The maximum Gasteiger partial charge on any atom is 0.0402 e. The fourth-order valence-electron chi connectivity index (χ4n) is 1.20. The molecule has 0 spiro atoms. The highest BCUT2D eigenvalue weighted by molar-refractivity contribution is 6.33. The van der Waals surface area contributed by atoms with Crippen molar-refractivity contribution in [2.75, 3.05) is 20.6 Å². The molecule has 0 fully saturated rings. The zero-order valence-corrected chi connectivity index (χ0v) is 10.1. The molecule has 0 aromatic rings. The minimum absolute atomic E-state index is 0.738. The molecule has 0 N–H and O–H groups in total.